The standard InChI is InChI=1S/C21H19ClN4O/c1-27-18-9-19-16(12-25-21(19)26-13-18)7-15-5-6-20(24-11-15)23-10-14-3-2-4-17(22)8-14/h2-6,8-9,11-13H,7,10H2,1H3,(H,23,24)(H,25,26). The lowest BCUT2D eigenvalue weighted by atomic mass is 10.1. The molecule has 0 bridgehead atoms. The van der Waals surface area contributed by atoms with E-state index in [9.17, 15) is 0 Å². The lowest BCUT2D eigenvalue weighted by Crippen LogP contribution is -2.01. The van der Waals surface area contributed by atoms with Crippen molar-refractivity contribution in [1.82, 2.24) is 15.0 Å². The minimum absolute atomic E-state index is 0.681. The Kier molecular flexibility index (Phi) is 4.94. The van der Waals surface area contributed by atoms with Gasteiger partial charge in [0.15, 0.2) is 0 Å². The Morgan fingerprint density at radius 2 is 2.00 bits per heavy atom. The summed E-state index contributed by atoms with van der Waals surface area (Å²) < 4.78 is 5.28. The number of ether oxygens (including phenoxy) is 1. The third kappa shape index (κ3) is 4.04. The van der Waals surface area contributed by atoms with Crippen molar-refractivity contribution in [1.29, 1.82) is 0 Å². The van der Waals surface area contributed by atoms with Crippen LogP contribution < -0.4 is 10.1 Å². The first kappa shape index (κ1) is 17.4. The quantitative estimate of drug-likeness (QED) is 0.504. The van der Waals surface area contributed by atoms with Crippen LogP contribution in [0.3, 0.4) is 0 Å². The van der Waals surface area contributed by atoms with E-state index in [-0.39, 0.29) is 0 Å². The molecule has 0 radical (unpaired) electrons. The van der Waals surface area contributed by atoms with Gasteiger partial charge in [-0.05, 0) is 41.0 Å². The van der Waals surface area contributed by atoms with Crippen LogP contribution >= 0.6 is 11.6 Å². The number of halogens is 1. The van der Waals surface area contributed by atoms with Crippen molar-refractivity contribution < 1.29 is 4.74 Å². The molecular formula is C21H19ClN4O. The summed E-state index contributed by atoms with van der Waals surface area (Å²) >= 11 is 6.02. The van der Waals surface area contributed by atoms with Crippen LogP contribution in [0.25, 0.3) is 11.0 Å². The van der Waals surface area contributed by atoms with Gasteiger partial charge in [0.1, 0.15) is 17.2 Å². The monoisotopic (exact) mass is 378 g/mol. The van der Waals surface area contributed by atoms with E-state index in [1.807, 2.05) is 48.8 Å². The first-order valence-corrected chi connectivity index (χ1v) is 9.02. The Labute approximate surface area is 162 Å². The lowest BCUT2D eigenvalue weighted by Gasteiger charge is -2.07. The van der Waals surface area contributed by atoms with Crippen molar-refractivity contribution in [2.24, 2.45) is 0 Å². The molecule has 4 aromatic rings. The molecule has 0 saturated carbocycles. The Morgan fingerprint density at radius 3 is 2.78 bits per heavy atom. The van der Waals surface area contributed by atoms with Gasteiger partial charge < -0.3 is 15.0 Å². The molecule has 0 fully saturated rings. The van der Waals surface area contributed by atoms with Gasteiger partial charge >= 0.3 is 0 Å². The summed E-state index contributed by atoms with van der Waals surface area (Å²) in [6, 6.07) is 13.9. The van der Waals surface area contributed by atoms with E-state index in [1.54, 1.807) is 13.3 Å². The second-order valence-corrected chi connectivity index (χ2v) is 6.73. The highest BCUT2D eigenvalue weighted by molar-refractivity contribution is 6.30. The number of aromatic nitrogens is 3. The molecule has 0 atom stereocenters. The number of benzene rings is 1. The van der Waals surface area contributed by atoms with E-state index in [1.165, 1.54) is 0 Å². The van der Waals surface area contributed by atoms with Crippen molar-refractivity contribution >= 4 is 28.5 Å². The molecule has 6 heteroatoms. The molecular weight excluding hydrogens is 360 g/mol. The SMILES string of the molecule is COc1cnc2[nH]cc(Cc3ccc(NCc4cccc(Cl)c4)nc3)c2c1. The van der Waals surface area contributed by atoms with Crippen LogP contribution in [-0.2, 0) is 13.0 Å². The number of aromatic amines is 1. The topological polar surface area (TPSA) is 62.8 Å². The van der Waals surface area contributed by atoms with Crippen molar-refractivity contribution in [2.75, 3.05) is 12.4 Å². The molecule has 0 amide bonds. The van der Waals surface area contributed by atoms with Crippen molar-refractivity contribution in [3.63, 3.8) is 0 Å². The summed E-state index contributed by atoms with van der Waals surface area (Å²) in [7, 11) is 1.65. The van der Waals surface area contributed by atoms with Crippen LogP contribution in [0.5, 0.6) is 5.75 Å². The summed E-state index contributed by atoms with van der Waals surface area (Å²) in [5, 5.41) is 5.12. The number of methoxy groups -OCH3 is 1. The van der Waals surface area contributed by atoms with Crippen LogP contribution in [0.1, 0.15) is 16.7 Å². The molecule has 0 spiro atoms. The Balaban J connectivity index is 1.45. The molecule has 0 aliphatic heterocycles. The zero-order chi connectivity index (χ0) is 18.6. The molecule has 3 heterocycles. The van der Waals surface area contributed by atoms with Gasteiger partial charge in [-0.3, -0.25) is 0 Å². The molecule has 136 valence electrons. The molecule has 0 unspecified atom stereocenters. The van der Waals surface area contributed by atoms with Crippen LogP contribution in [0.4, 0.5) is 5.82 Å². The Hall–Kier alpha value is -3.05. The number of nitrogens with zero attached hydrogens (tertiary/aromatic N) is 2. The van der Waals surface area contributed by atoms with Gasteiger partial charge in [-0.1, -0.05) is 29.8 Å². The van der Waals surface area contributed by atoms with Gasteiger partial charge in [0, 0.05) is 35.8 Å². The van der Waals surface area contributed by atoms with Crippen molar-refractivity contribution in [3.05, 3.63) is 82.8 Å². The van der Waals surface area contributed by atoms with Gasteiger partial charge in [-0.25, -0.2) is 9.97 Å². The fraction of sp³-hybridized carbons (Fsp3) is 0.143. The smallest absolute Gasteiger partial charge is 0.137 e. The Bertz CT molecular complexity index is 1060. The van der Waals surface area contributed by atoms with E-state index >= 15 is 0 Å². The van der Waals surface area contributed by atoms with Crippen LogP contribution in [0.15, 0.2) is 61.1 Å². The zero-order valence-electron chi connectivity index (χ0n) is 14.9. The summed E-state index contributed by atoms with van der Waals surface area (Å²) in [5.41, 5.74) is 4.28. The summed E-state index contributed by atoms with van der Waals surface area (Å²) in [5.74, 6) is 1.59. The maximum Gasteiger partial charge on any atom is 0.137 e. The van der Waals surface area contributed by atoms with E-state index in [4.69, 9.17) is 16.3 Å². The lowest BCUT2D eigenvalue weighted by molar-refractivity contribution is 0.413. The Morgan fingerprint density at radius 1 is 1.07 bits per heavy atom. The molecule has 2 N–H and O–H groups in total. The number of rotatable bonds is 6. The number of hydrogen-bond acceptors (Lipinski definition) is 4. The van der Waals surface area contributed by atoms with Crippen LogP contribution in [0, 0.1) is 0 Å². The number of pyridine rings is 2. The first-order valence-electron chi connectivity index (χ1n) is 8.64. The minimum atomic E-state index is 0.681. The highest BCUT2D eigenvalue weighted by Crippen LogP contribution is 2.23. The number of fused-ring (bicyclic) bond motifs is 1. The fourth-order valence-corrected chi connectivity index (χ4v) is 3.20. The van der Waals surface area contributed by atoms with Gasteiger partial charge in [-0.2, -0.15) is 0 Å². The average Bonchev–Trinajstić information content (AvgIpc) is 3.09. The van der Waals surface area contributed by atoms with Gasteiger partial charge in [0.05, 0.1) is 13.3 Å². The molecule has 0 aliphatic rings. The zero-order valence-corrected chi connectivity index (χ0v) is 15.6. The van der Waals surface area contributed by atoms with Gasteiger partial charge in [-0.15, -0.1) is 0 Å². The van der Waals surface area contributed by atoms with Gasteiger partial charge in [0.2, 0.25) is 0 Å². The predicted molar refractivity (Wildman–Crippen MR) is 108 cm³/mol. The molecule has 0 saturated heterocycles. The maximum atomic E-state index is 6.02. The summed E-state index contributed by atoms with van der Waals surface area (Å²) in [6.07, 6.45) is 6.37. The first-order chi connectivity index (χ1) is 13.2. The molecule has 5 nitrogen and oxygen atoms in total. The highest BCUT2D eigenvalue weighted by atomic mass is 35.5. The third-order valence-electron chi connectivity index (χ3n) is 4.41. The second-order valence-electron chi connectivity index (χ2n) is 6.30. The summed E-state index contributed by atoms with van der Waals surface area (Å²) in [4.78, 5) is 12.1. The predicted octanol–water partition coefficient (Wildman–Crippen LogP) is 4.82. The number of H-pyrrole nitrogens is 1. The average molecular weight is 379 g/mol. The summed E-state index contributed by atoms with van der Waals surface area (Å²) in [6.45, 7) is 0.681. The van der Waals surface area contributed by atoms with Crippen molar-refractivity contribution in [3.8, 4) is 5.75 Å². The third-order valence-corrected chi connectivity index (χ3v) is 4.64. The largest absolute Gasteiger partial charge is 0.495 e. The fourth-order valence-electron chi connectivity index (χ4n) is 2.99. The molecule has 4 rings (SSSR count). The number of hydrogen-bond donors (Lipinski definition) is 2. The number of nitrogens with one attached hydrogen (secondary N) is 2. The normalized spacial score (nSPS) is 10.9. The second kappa shape index (κ2) is 7.68. The van der Waals surface area contributed by atoms with Gasteiger partial charge in [0.25, 0.3) is 0 Å². The van der Waals surface area contributed by atoms with E-state index in [2.05, 4.69) is 26.3 Å². The highest BCUT2D eigenvalue weighted by Gasteiger charge is 2.08. The molecule has 3 aromatic heterocycles. The van der Waals surface area contributed by atoms with E-state index < -0.39 is 0 Å². The van der Waals surface area contributed by atoms with Crippen molar-refractivity contribution in [2.45, 2.75) is 13.0 Å². The number of anilines is 1. The molecule has 1 aromatic carbocycles. The molecule has 0 aliphatic carbocycles. The van der Waals surface area contributed by atoms with E-state index in [0.717, 1.165) is 50.7 Å². The maximum absolute atomic E-state index is 6.02. The minimum Gasteiger partial charge on any atom is -0.495 e. The van der Waals surface area contributed by atoms with E-state index in [0.29, 0.717) is 6.54 Å². The molecule has 27 heavy (non-hydrogen) atoms. The van der Waals surface area contributed by atoms with Crippen LogP contribution in [-0.4, -0.2) is 22.1 Å². The van der Waals surface area contributed by atoms with Crippen LogP contribution in [0.2, 0.25) is 5.02 Å².